The van der Waals surface area contributed by atoms with Crippen molar-refractivity contribution in [3.8, 4) is 0 Å². The summed E-state index contributed by atoms with van der Waals surface area (Å²) in [6.07, 6.45) is 5.93. The minimum Gasteiger partial charge on any atom is -0.465 e. The maximum atomic E-state index is 12.8. The number of piperidine rings is 2. The Labute approximate surface area is 230 Å². The lowest BCUT2D eigenvalue weighted by Crippen LogP contribution is -2.43. The van der Waals surface area contributed by atoms with Crippen LogP contribution < -0.4 is 10.6 Å². The molecule has 2 aliphatic heterocycles. The van der Waals surface area contributed by atoms with Crippen molar-refractivity contribution in [2.75, 3.05) is 32.8 Å². The second kappa shape index (κ2) is 15.0. The molecule has 0 amide bonds. The molecule has 0 aliphatic carbocycles. The normalized spacial score (nSPS) is 19.3. The molecule has 0 aromatic rings. The van der Waals surface area contributed by atoms with E-state index in [1.54, 1.807) is 0 Å². The predicted molar refractivity (Wildman–Crippen MR) is 148 cm³/mol. The molecule has 8 nitrogen and oxygen atoms in total. The van der Waals surface area contributed by atoms with Gasteiger partial charge < -0.3 is 24.8 Å². The van der Waals surface area contributed by atoms with Crippen LogP contribution in [0.5, 0.6) is 0 Å². The van der Waals surface area contributed by atoms with Gasteiger partial charge in [0.25, 0.3) is 0 Å². The van der Waals surface area contributed by atoms with Crippen molar-refractivity contribution < 1.29 is 28.6 Å². The number of carbonyl (C=O) groups is 3. The minimum atomic E-state index is -0.610. The van der Waals surface area contributed by atoms with Crippen molar-refractivity contribution >= 4 is 17.9 Å². The number of ether oxygens (including phenoxy) is 3. The smallest absolute Gasteiger partial charge is 0.334 e. The zero-order valence-electron chi connectivity index (χ0n) is 24.7. The highest BCUT2D eigenvalue weighted by Gasteiger charge is 2.36. The van der Waals surface area contributed by atoms with Gasteiger partial charge in [-0.15, -0.1) is 0 Å². The van der Waals surface area contributed by atoms with Gasteiger partial charge in [-0.2, -0.15) is 0 Å². The fourth-order valence-electron chi connectivity index (χ4n) is 5.59. The molecule has 2 aliphatic rings. The molecular formula is C30H52N2O6. The van der Waals surface area contributed by atoms with E-state index in [0.29, 0.717) is 18.8 Å². The highest BCUT2D eigenvalue weighted by molar-refractivity contribution is 5.93. The van der Waals surface area contributed by atoms with Gasteiger partial charge >= 0.3 is 17.9 Å². The number of carbonyl (C=O) groups excluding carboxylic acids is 3. The molecule has 0 aromatic heterocycles. The van der Waals surface area contributed by atoms with E-state index in [4.69, 9.17) is 14.2 Å². The number of hydrogen-bond acceptors (Lipinski definition) is 8. The standard InChI is InChI=1S/C30H52N2O6/c1-8-23(19-21(2)27(34)37-29(4,5)24-9-14-31-15-10-24)13-18-36-26(33)20-22(3)28(35)38-30(6,7)25-11-16-32-17-12-25/h21,23-25,31-32H,3,8-20H2,1-2,4-7H3. The van der Waals surface area contributed by atoms with Crippen molar-refractivity contribution in [2.24, 2.45) is 23.7 Å². The first kappa shape index (κ1) is 32.3. The molecular weight excluding hydrogens is 484 g/mol. The van der Waals surface area contributed by atoms with E-state index in [2.05, 4.69) is 24.1 Å². The van der Waals surface area contributed by atoms with Gasteiger partial charge in [-0.1, -0.05) is 26.8 Å². The maximum Gasteiger partial charge on any atom is 0.334 e. The second-order valence-electron chi connectivity index (χ2n) is 12.3. The van der Waals surface area contributed by atoms with E-state index in [1.807, 2.05) is 34.6 Å². The Bertz CT molecular complexity index is 797. The second-order valence-corrected chi connectivity index (χ2v) is 12.3. The lowest BCUT2D eigenvalue weighted by molar-refractivity contribution is -0.168. The van der Waals surface area contributed by atoms with Gasteiger partial charge in [0.15, 0.2) is 0 Å². The first-order valence-electron chi connectivity index (χ1n) is 14.6. The third kappa shape index (κ3) is 10.3. The summed E-state index contributed by atoms with van der Waals surface area (Å²) in [7, 11) is 0. The fourth-order valence-corrected chi connectivity index (χ4v) is 5.59. The average Bonchev–Trinajstić information content (AvgIpc) is 2.88. The third-order valence-corrected chi connectivity index (χ3v) is 8.47. The fraction of sp³-hybridized carbons (Fsp3) is 0.833. The van der Waals surface area contributed by atoms with Gasteiger partial charge in [0.1, 0.15) is 11.2 Å². The Hall–Kier alpha value is -1.93. The number of esters is 3. The lowest BCUT2D eigenvalue weighted by Gasteiger charge is -2.37. The van der Waals surface area contributed by atoms with E-state index in [1.165, 1.54) is 0 Å². The Morgan fingerprint density at radius 2 is 1.39 bits per heavy atom. The van der Waals surface area contributed by atoms with Gasteiger partial charge in [0.05, 0.1) is 18.9 Å². The lowest BCUT2D eigenvalue weighted by atomic mass is 9.83. The minimum absolute atomic E-state index is 0.108. The van der Waals surface area contributed by atoms with Gasteiger partial charge in [0.2, 0.25) is 0 Å². The highest BCUT2D eigenvalue weighted by atomic mass is 16.6. The molecule has 2 rings (SSSR count). The quantitative estimate of drug-likeness (QED) is 0.189. The van der Waals surface area contributed by atoms with Crippen molar-refractivity contribution in [3.05, 3.63) is 12.2 Å². The zero-order valence-corrected chi connectivity index (χ0v) is 24.7. The van der Waals surface area contributed by atoms with Crippen LogP contribution in [0.4, 0.5) is 0 Å². The van der Waals surface area contributed by atoms with E-state index in [0.717, 1.165) is 58.3 Å². The average molecular weight is 537 g/mol. The molecule has 38 heavy (non-hydrogen) atoms. The molecule has 2 N–H and O–H groups in total. The molecule has 2 fully saturated rings. The van der Waals surface area contributed by atoms with Crippen LogP contribution >= 0.6 is 0 Å². The van der Waals surface area contributed by atoms with E-state index < -0.39 is 23.1 Å². The summed E-state index contributed by atoms with van der Waals surface area (Å²) < 4.78 is 17.1. The monoisotopic (exact) mass is 536 g/mol. The molecule has 0 radical (unpaired) electrons. The highest BCUT2D eigenvalue weighted by Crippen LogP contribution is 2.32. The van der Waals surface area contributed by atoms with Crippen LogP contribution in [0.2, 0.25) is 0 Å². The number of nitrogens with one attached hydrogen (secondary N) is 2. The Morgan fingerprint density at radius 1 is 0.895 bits per heavy atom. The topological polar surface area (TPSA) is 103 Å². The van der Waals surface area contributed by atoms with Crippen molar-refractivity contribution in [1.82, 2.24) is 10.6 Å². The summed E-state index contributed by atoms with van der Waals surface area (Å²) in [5, 5.41) is 6.67. The number of rotatable bonds is 14. The SMILES string of the molecule is C=C(CC(=O)OCCC(CC)CC(C)C(=O)OC(C)(C)C1CCNCC1)C(=O)OC(C)(C)C1CCNCC1. The molecule has 0 spiro atoms. The zero-order chi connectivity index (χ0) is 28.3. The van der Waals surface area contributed by atoms with E-state index in [9.17, 15) is 14.4 Å². The first-order valence-corrected chi connectivity index (χ1v) is 14.6. The molecule has 2 atom stereocenters. The molecule has 0 saturated carbocycles. The largest absolute Gasteiger partial charge is 0.465 e. The summed E-state index contributed by atoms with van der Waals surface area (Å²) >= 11 is 0. The van der Waals surface area contributed by atoms with Gasteiger partial charge in [0, 0.05) is 17.4 Å². The van der Waals surface area contributed by atoms with Crippen LogP contribution in [0.3, 0.4) is 0 Å². The molecule has 0 bridgehead atoms. The number of hydrogen-bond donors (Lipinski definition) is 2. The first-order chi connectivity index (χ1) is 17.9. The maximum absolute atomic E-state index is 12.8. The van der Waals surface area contributed by atoms with Crippen LogP contribution in [0, 0.1) is 23.7 Å². The predicted octanol–water partition coefficient (Wildman–Crippen LogP) is 4.56. The molecule has 8 heteroatoms. The van der Waals surface area contributed by atoms with Gasteiger partial charge in [-0.25, -0.2) is 4.79 Å². The van der Waals surface area contributed by atoms with Crippen molar-refractivity contribution in [2.45, 2.75) is 104 Å². The van der Waals surface area contributed by atoms with Crippen LogP contribution in [-0.2, 0) is 28.6 Å². The third-order valence-electron chi connectivity index (χ3n) is 8.47. The molecule has 2 saturated heterocycles. The van der Waals surface area contributed by atoms with Crippen molar-refractivity contribution in [1.29, 1.82) is 0 Å². The summed E-state index contributed by atoms with van der Waals surface area (Å²) in [6.45, 7) is 19.6. The van der Waals surface area contributed by atoms with Gasteiger partial charge in [-0.05, 0) is 98.3 Å². The van der Waals surface area contributed by atoms with Crippen LogP contribution in [-0.4, -0.2) is 61.9 Å². The van der Waals surface area contributed by atoms with Crippen LogP contribution in [0.25, 0.3) is 0 Å². The molecule has 0 aromatic carbocycles. The summed E-state index contributed by atoms with van der Waals surface area (Å²) in [5.41, 5.74) is -0.977. The van der Waals surface area contributed by atoms with Crippen molar-refractivity contribution in [3.63, 3.8) is 0 Å². The summed E-state index contributed by atoms with van der Waals surface area (Å²) in [6, 6.07) is 0. The summed E-state index contributed by atoms with van der Waals surface area (Å²) in [4.78, 5) is 37.8. The van der Waals surface area contributed by atoms with Crippen LogP contribution in [0.1, 0.15) is 92.9 Å². The van der Waals surface area contributed by atoms with E-state index in [-0.39, 0.29) is 42.3 Å². The molecule has 218 valence electrons. The summed E-state index contributed by atoms with van der Waals surface area (Å²) in [5.74, 6) is -0.556. The van der Waals surface area contributed by atoms with Crippen LogP contribution in [0.15, 0.2) is 12.2 Å². The Morgan fingerprint density at radius 3 is 1.89 bits per heavy atom. The van der Waals surface area contributed by atoms with Gasteiger partial charge in [-0.3, -0.25) is 9.59 Å². The molecule has 2 unspecified atom stereocenters. The molecule has 2 heterocycles. The Balaban J connectivity index is 1.71. The van der Waals surface area contributed by atoms with E-state index >= 15 is 0 Å². The Kier molecular flexibility index (Phi) is 12.8.